The van der Waals surface area contributed by atoms with E-state index in [0.717, 1.165) is 30.3 Å². The zero-order chi connectivity index (χ0) is 19.6. The Morgan fingerprint density at radius 1 is 0.692 bits per heavy atom. The number of rotatable bonds is 6. The lowest BCUT2D eigenvalue weighted by Crippen LogP contribution is -2.11. The summed E-state index contributed by atoms with van der Waals surface area (Å²) in [4.78, 5) is 45.1. The van der Waals surface area contributed by atoms with Gasteiger partial charge in [0.25, 0.3) is 0 Å². The summed E-state index contributed by atoms with van der Waals surface area (Å²) in [6.07, 6.45) is 0. The molecule has 0 aliphatic rings. The molecule has 0 aliphatic heterocycles. The molecule has 0 heterocycles. The van der Waals surface area contributed by atoms with E-state index in [-0.39, 0.29) is 28.2 Å². The Bertz CT molecular complexity index is 884. The van der Waals surface area contributed by atoms with Crippen LogP contribution in [0, 0.1) is 0 Å². The zero-order valence-electron chi connectivity index (χ0n) is 12.9. The smallest absolute Gasteiger partial charge is 0.337 e. The molecule has 0 saturated carbocycles. The van der Waals surface area contributed by atoms with Crippen molar-refractivity contribution < 1.29 is 39.6 Å². The molecule has 0 fully saturated rings. The molecule has 0 amide bonds. The van der Waals surface area contributed by atoms with Gasteiger partial charge in [-0.05, 0) is 30.3 Å². The molecule has 26 heavy (non-hydrogen) atoms. The van der Waals surface area contributed by atoms with Crippen LogP contribution in [0.3, 0.4) is 0 Å². The Labute approximate surface area is 145 Å². The number of anilines is 3. The van der Waals surface area contributed by atoms with E-state index in [1.54, 1.807) is 0 Å². The second-order valence-corrected chi connectivity index (χ2v) is 5.14. The molecule has 7 N–H and O–H groups in total. The van der Waals surface area contributed by atoms with Crippen molar-refractivity contribution in [1.82, 2.24) is 0 Å². The Hall–Kier alpha value is -4.08. The number of carboxylic acids is 4. The van der Waals surface area contributed by atoms with Crippen LogP contribution >= 0.6 is 0 Å². The molecule has 0 saturated heterocycles. The van der Waals surface area contributed by atoms with Crippen molar-refractivity contribution in [3.63, 3.8) is 0 Å². The van der Waals surface area contributed by atoms with Gasteiger partial charge in [-0.25, -0.2) is 19.2 Å². The first kappa shape index (κ1) is 18.3. The average Bonchev–Trinajstić information content (AvgIpc) is 2.55. The first-order valence-electron chi connectivity index (χ1n) is 6.89. The van der Waals surface area contributed by atoms with Gasteiger partial charge in [0.05, 0.1) is 27.9 Å². The van der Waals surface area contributed by atoms with E-state index in [1.807, 2.05) is 0 Å². The summed E-state index contributed by atoms with van der Waals surface area (Å²) >= 11 is 0. The minimum atomic E-state index is -1.48. The van der Waals surface area contributed by atoms with Gasteiger partial charge in [0.1, 0.15) is 0 Å². The van der Waals surface area contributed by atoms with Gasteiger partial charge < -0.3 is 31.5 Å². The van der Waals surface area contributed by atoms with Crippen LogP contribution in [0.2, 0.25) is 0 Å². The molecule has 0 unspecified atom stereocenters. The number of carboxylic acid groups (broad SMARTS) is 4. The fourth-order valence-corrected chi connectivity index (χ4v) is 2.23. The van der Waals surface area contributed by atoms with E-state index >= 15 is 0 Å². The number of aromatic carboxylic acids is 4. The van der Waals surface area contributed by atoms with Gasteiger partial charge in [-0.15, -0.1) is 0 Å². The molecule has 0 radical (unpaired) electrons. The normalized spacial score (nSPS) is 10.2. The Morgan fingerprint density at radius 3 is 1.46 bits per heavy atom. The van der Waals surface area contributed by atoms with Gasteiger partial charge in [0.15, 0.2) is 0 Å². The van der Waals surface area contributed by atoms with Crippen LogP contribution in [0.1, 0.15) is 41.4 Å². The molecule has 2 rings (SSSR count). The number of nitrogens with one attached hydrogen (secondary N) is 1. The molecule has 10 heteroatoms. The highest BCUT2D eigenvalue weighted by molar-refractivity contribution is 6.06. The maximum atomic E-state index is 11.4. The first-order chi connectivity index (χ1) is 12.1. The van der Waals surface area contributed by atoms with Gasteiger partial charge in [0, 0.05) is 11.4 Å². The predicted molar refractivity (Wildman–Crippen MR) is 88.4 cm³/mol. The van der Waals surface area contributed by atoms with Crippen molar-refractivity contribution in [2.24, 2.45) is 0 Å². The third-order valence-electron chi connectivity index (χ3n) is 3.32. The maximum absolute atomic E-state index is 11.4. The minimum absolute atomic E-state index is 0.101. The highest BCUT2D eigenvalue weighted by Gasteiger charge is 2.21. The molecule has 2 aromatic carbocycles. The number of benzene rings is 2. The Balaban J connectivity index is 2.68. The third kappa shape index (κ3) is 3.70. The van der Waals surface area contributed by atoms with Crippen LogP contribution in [-0.2, 0) is 0 Å². The van der Waals surface area contributed by atoms with E-state index in [4.69, 9.17) is 15.9 Å². The van der Waals surface area contributed by atoms with E-state index in [9.17, 15) is 29.4 Å². The molecular weight excluding hydrogens is 348 g/mol. The monoisotopic (exact) mass is 360 g/mol. The SMILES string of the molecule is Nc1cc(C(=O)O)c(Nc2cc(C(=O)O)cc(C(=O)O)c2)c(C(=O)O)c1. The molecular formula is C16H12N2O8. The summed E-state index contributed by atoms with van der Waals surface area (Å²) in [6.45, 7) is 0. The van der Waals surface area contributed by atoms with Crippen LogP contribution in [0.5, 0.6) is 0 Å². The van der Waals surface area contributed by atoms with Crippen LogP contribution in [-0.4, -0.2) is 44.3 Å². The Kier molecular flexibility index (Phi) is 4.78. The van der Waals surface area contributed by atoms with Gasteiger partial charge >= 0.3 is 23.9 Å². The van der Waals surface area contributed by atoms with Crippen molar-refractivity contribution in [1.29, 1.82) is 0 Å². The van der Waals surface area contributed by atoms with Crippen LogP contribution < -0.4 is 11.1 Å². The Morgan fingerprint density at radius 2 is 1.12 bits per heavy atom. The van der Waals surface area contributed by atoms with Crippen LogP contribution in [0.4, 0.5) is 17.1 Å². The summed E-state index contributed by atoms with van der Waals surface area (Å²) in [5, 5.41) is 39.2. The first-order valence-corrected chi connectivity index (χ1v) is 6.89. The lowest BCUT2D eigenvalue weighted by molar-refractivity contribution is 0.0677. The predicted octanol–water partition coefficient (Wildman–Crippen LogP) is 1.81. The van der Waals surface area contributed by atoms with Crippen molar-refractivity contribution >= 4 is 40.9 Å². The van der Waals surface area contributed by atoms with Gasteiger partial charge in [0.2, 0.25) is 0 Å². The lowest BCUT2D eigenvalue weighted by atomic mass is 10.0. The molecule has 2 aromatic rings. The zero-order valence-corrected chi connectivity index (χ0v) is 12.9. The maximum Gasteiger partial charge on any atom is 0.337 e. The largest absolute Gasteiger partial charge is 0.478 e. The summed E-state index contributed by atoms with van der Waals surface area (Å²) in [6, 6.07) is 5.05. The van der Waals surface area contributed by atoms with Crippen LogP contribution in [0.25, 0.3) is 0 Å². The number of hydrogen-bond acceptors (Lipinski definition) is 6. The van der Waals surface area contributed by atoms with Gasteiger partial charge in [-0.3, -0.25) is 0 Å². The summed E-state index contributed by atoms with van der Waals surface area (Å²) in [5.74, 6) is -5.78. The molecule has 0 atom stereocenters. The molecule has 0 bridgehead atoms. The molecule has 134 valence electrons. The minimum Gasteiger partial charge on any atom is -0.478 e. The molecule has 0 aliphatic carbocycles. The number of nitrogens with two attached hydrogens (primary N) is 1. The highest BCUT2D eigenvalue weighted by Crippen LogP contribution is 2.29. The quantitative estimate of drug-likeness (QED) is 0.414. The average molecular weight is 360 g/mol. The summed E-state index contributed by atoms with van der Waals surface area (Å²) in [5.41, 5.74) is 3.24. The number of carbonyl (C=O) groups is 4. The van der Waals surface area contributed by atoms with Crippen LogP contribution in [0.15, 0.2) is 30.3 Å². The standard InChI is InChI=1S/C16H12N2O8/c17-8-4-10(15(23)24)12(11(5-8)16(25)26)18-9-2-6(13(19)20)1-7(3-9)14(21)22/h1-5,18H,17H2,(H,19,20)(H,21,22)(H,23,24)(H,25,26). The van der Waals surface area contributed by atoms with Crippen molar-refractivity contribution in [3.05, 3.63) is 52.6 Å². The highest BCUT2D eigenvalue weighted by atomic mass is 16.4. The van der Waals surface area contributed by atoms with Crippen molar-refractivity contribution in [2.45, 2.75) is 0 Å². The van der Waals surface area contributed by atoms with E-state index < -0.39 is 35.0 Å². The third-order valence-corrected chi connectivity index (χ3v) is 3.32. The second-order valence-electron chi connectivity index (χ2n) is 5.14. The van der Waals surface area contributed by atoms with E-state index in [2.05, 4.69) is 5.32 Å². The molecule has 10 nitrogen and oxygen atoms in total. The number of hydrogen-bond donors (Lipinski definition) is 6. The van der Waals surface area contributed by atoms with Gasteiger partial charge in [-0.1, -0.05) is 0 Å². The topological polar surface area (TPSA) is 187 Å². The molecule has 0 aromatic heterocycles. The second kappa shape index (κ2) is 6.81. The fraction of sp³-hybridized carbons (Fsp3) is 0. The lowest BCUT2D eigenvalue weighted by Gasteiger charge is -2.15. The fourth-order valence-electron chi connectivity index (χ4n) is 2.23. The van der Waals surface area contributed by atoms with Crippen molar-refractivity contribution in [2.75, 3.05) is 11.1 Å². The van der Waals surface area contributed by atoms with Gasteiger partial charge in [-0.2, -0.15) is 0 Å². The number of nitrogen functional groups attached to an aromatic ring is 1. The van der Waals surface area contributed by atoms with E-state index in [1.165, 1.54) is 0 Å². The van der Waals surface area contributed by atoms with E-state index in [0.29, 0.717) is 0 Å². The van der Waals surface area contributed by atoms with Crippen molar-refractivity contribution in [3.8, 4) is 0 Å². The summed E-state index contributed by atoms with van der Waals surface area (Å²) < 4.78 is 0. The summed E-state index contributed by atoms with van der Waals surface area (Å²) in [7, 11) is 0. The molecule has 0 spiro atoms.